The molecule has 0 unspecified atom stereocenters. The lowest BCUT2D eigenvalue weighted by Crippen LogP contribution is -2.13. The Labute approximate surface area is 121 Å². The SMILES string of the molecule is Cc1ncc(S(=O)(=O)Nc2cccc(-n3ccnc3)c2)[nH]1. The zero-order valence-corrected chi connectivity index (χ0v) is 12.0. The molecule has 0 bridgehead atoms. The van der Waals surface area contributed by atoms with E-state index in [0.717, 1.165) is 5.69 Å². The highest BCUT2D eigenvalue weighted by atomic mass is 32.2. The first-order chi connectivity index (χ1) is 10.0. The average Bonchev–Trinajstić information content (AvgIpc) is 3.09. The summed E-state index contributed by atoms with van der Waals surface area (Å²) in [6.45, 7) is 1.69. The Morgan fingerprint density at radius 3 is 2.86 bits per heavy atom. The van der Waals surface area contributed by atoms with Crippen molar-refractivity contribution in [3.8, 4) is 5.69 Å². The number of aromatic amines is 1. The summed E-state index contributed by atoms with van der Waals surface area (Å²) in [7, 11) is -3.67. The van der Waals surface area contributed by atoms with Gasteiger partial charge < -0.3 is 9.55 Å². The van der Waals surface area contributed by atoms with Gasteiger partial charge in [0.15, 0.2) is 5.03 Å². The number of imidazole rings is 2. The van der Waals surface area contributed by atoms with Crippen LogP contribution in [-0.4, -0.2) is 27.9 Å². The maximum atomic E-state index is 12.2. The van der Waals surface area contributed by atoms with Gasteiger partial charge in [0.2, 0.25) is 0 Å². The van der Waals surface area contributed by atoms with Crippen LogP contribution in [0.1, 0.15) is 5.82 Å². The van der Waals surface area contributed by atoms with Gasteiger partial charge in [0, 0.05) is 18.1 Å². The predicted octanol–water partition coefficient (Wildman–Crippen LogP) is 1.70. The molecule has 2 N–H and O–H groups in total. The van der Waals surface area contributed by atoms with Crippen LogP contribution in [0.25, 0.3) is 5.69 Å². The highest BCUT2D eigenvalue weighted by Gasteiger charge is 2.16. The molecule has 0 spiro atoms. The highest BCUT2D eigenvalue weighted by Crippen LogP contribution is 2.18. The molecule has 0 radical (unpaired) electrons. The molecule has 0 saturated carbocycles. The molecule has 0 atom stereocenters. The van der Waals surface area contributed by atoms with Gasteiger partial charge in [-0.15, -0.1) is 0 Å². The Bertz CT molecular complexity index is 852. The van der Waals surface area contributed by atoms with E-state index in [1.54, 1.807) is 48.4 Å². The number of aryl methyl sites for hydroxylation is 1. The van der Waals surface area contributed by atoms with Crippen LogP contribution in [0.2, 0.25) is 0 Å². The van der Waals surface area contributed by atoms with Crippen LogP contribution in [-0.2, 0) is 10.0 Å². The topological polar surface area (TPSA) is 92.7 Å². The molecule has 7 nitrogen and oxygen atoms in total. The van der Waals surface area contributed by atoms with Crippen molar-refractivity contribution >= 4 is 15.7 Å². The van der Waals surface area contributed by atoms with Gasteiger partial charge in [-0.25, -0.2) is 9.97 Å². The molecule has 2 heterocycles. The van der Waals surface area contributed by atoms with Gasteiger partial charge in [-0.1, -0.05) is 6.07 Å². The summed E-state index contributed by atoms with van der Waals surface area (Å²) in [6, 6.07) is 7.04. The van der Waals surface area contributed by atoms with Gasteiger partial charge in [-0.3, -0.25) is 4.72 Å². The Morgan fingerprint density at radius 1 is 1.33 bits per heavy atom. The van der Waals surface area contributed by atoms with E-state index >= 15 is 0 Å². The number of rotatable bonds is 4. The molecule has 3 rings (SSSR count). The molecule has 8 heteroatoms. The van der Waals surface area contributed by atoms with Crippen molar-refractivity contribution in [3.63, 3.8) is 0 Å². The molecule has 1 aromatic carbocycles. The lowest BCUT2D eigenvalue weighted by molar-refractivity contribution is 0.598. The highest BCUT2D eigenvalue weighted by molar-refractivity contribution is 7.92. The first-order valence-corrected chi connectivity index (χ1v) is 7.66. The first-order valence-electron chi connectivity index (χ1n) is 6.17. The number of nitrogens with one attached hydrogen (secondary N) is 2. The normalized spacial score (nSPS) is 11.5. The van der Waals surface area contributed by atoms with Crippen molar-refractivity contribution in [2.45, 2.75) is 11.9 Å². The third kappa shape index (κ3) is 2.79. The largest absolute Gasteiger partial charge is 0.332 e. The Morgan fingerprint density at radius 2 is 2.19 bits per heavy atom. The molecule has 21 heavy (non-hydrogen) atoms. The van der Waals surface area contributed by atoms with Gasteiger partial charge in [-0.05, 0) is 25.1 Å². The number of nitrogens with zero attached hydrogens (tertiary/aromatic N) is 3. The second-order valence-electron chi connectivity index (χ2n) is 4.46. The number of hydrogen-bond donors (Lipinski definition) is 2. The number of aromatic nitrogens is 4. The maximum Gasteiger partial charge on any atom is 0.278 e. The van der Waals surface area contributed by atoms with E-state index in [0.29, 0.717) is 11.5 Å². The molecule has 0 amide bonds. The van der Waals surface area contributed by atoms with Crippen LogP contribution < -0.4 is 4.72 Å². The van der Waals surface area contributed by atoms with Gasteiger partial charge in [0.1, 0.15) is 5.82 Å². The minimum Gasteiger partial charge on any atom is -0.332 e. The Hall–Kier alpha value is -2.61. The summed E-state index contributed by atoms with van der Waals surface area (Å²) in [6.07, 6.45) is 6.37. The standard InChI is InChI=1S/C13H13N5O2S/c1-10-15-8-13(16-10)21(19,20)17-11-3-2-4-12(7-11)18-6-5-14-9-18/h2-9,17H,1H3,(H,15,16). The molecular formula is C13H13N5O2S. The fourth-order valence-corrected chi connectivity index (χ4v) is 2.91. The van der Waals surface area contributed by atoms with E-state index < -0.39 is 10.0 Å². The van der Waals surface area contributed by atoms with Gasteiger partial charge >= 0.3 is 0 Å². The molecule has 0 aliphatic rings. The van der Waals surface area contributed by atoms with Gasteiger partial charge in [0.25, 0.3) is 10.0 Å². The van der Waals surface area contributed by atoms with Crippen molar-refractivity contribution in [3.05, 3.63) is 55.0 Å². The molecule has 3 aromatic rings. The first kappa shape index (κ1) is 13.4. The number of anilines is 1. The molecule has 0 fully saturated rings. The number of hydrogen-bond acceptors (Lipinski definition) is 4. The maximum absolute atomic E-state index is 12.2. The lowest BCUT2D eigenvalue weighted by Gasteiger charge is -2.08. The Kier molecular flexibility index (Phi) is 3.22. The van der Waals surface area contributed by atoms with Crippen LogP contribution in [0.4, 0.5) is 5.69 Å². The fourth-order valence-electron chi connectivity index (χ4n) is 1.89. The third-order valence-electron chi connectivity index (χ3n) is 2.87. The van der Waals surface area contributed by atoms with Gasteiger partial charge in [-0.2, -0.15) is 8.42 Å². The van der Waals surface area contributed by atoms with E-state index in [2.05, 4.69) is 19.7 Å². The number of H-pyrrole nitrogens is 1. The van der Waals surface area contributed by atoms with Gasteiger partial charge in [0.05, 0.1) is 18.2 Å². The molecule has 108 valence electrons. The second kappa shape index (κ2) is 5.06. The molecular weight excluding hydrogens is 290 g/mol. The van der Waals surface area contributed by atoms with E-state index in [4.69, 9.17) is 0 Å². The fraction of sp³-hybridized carbons (Fsp3) is 0.0769. The Balaban J connectivity index is 1.90. The summed E-state index contributed by atoms with van der Waals surface area (Å²) < 4.78 is 28.7. The zero-order valence-electron chi connectivity index (χ0n) is 11.2. The summed E-state index contributed by atoms with van der Waals surface area (Å²) in [4.78, 5) is 10.6. The average molecular weight is 303 g/mol. The van der Waals surface area contributed by atoms with Crippen molar-refractivity contribution in [1.29, 1.82) is 0 Å². The predicted molar refractivity (Wildman–Crippen MR) is 77.7 cm³/mol. The minimum absolute atomic E-state index is 0.0352. The summed E-state index contributed by atoms with van der Waals surface area (Å²) >= 11 is 0. The van der Waals surface area contributed by atoms with Crippen molar-refractivity contribution in [2.24, 2.45) is 0 Å². The quantitative estimate of drug-likeness (QED) is 0.767. The lowest BCUT2D eigenvalue weighted by atomic mass is 10.3. The molecule has 0 saturated heterocycles. The third-order valence-corrected chi connectivity index (χ3v) is 4.16. The van der Waals surface area contributed by atoms with Crippen LogP contribution in [0, 0.1) is 6.92 Å². The zero-order chi connectivity index (χ0) is 14.9. The van der Waals surface area contributed by atoms with Crippen LogP contribution in [0.15, 0.2) is 54.2 Å². The summed E-state index contributed by atoms with van der Waals surface area (Å²) in [5.41, 5.74) is 1.28. The summed E-state index contributed by atoms with van der Waals surface area (Å²) in [5, 5.41) is 0.0352. The smallest absolute Gasteiger partial charge is 0.278 e. The molecule has 2 aromatic heterocycles. The van der Waals surface area contributed by atoms with Crippen molar-refractivity contribution < 1.29 is 8.42 Å². The van der Waals surface area contributed by atoms with Crippen molar-refractivity contribution in [2.75, 3.05) is 4.72 Å². The monoisotopic (exact) mass is 303 g/mol. The van der Waals surface area contributed by atoms with E-state index in [1.165, 1.54) is 6.20 Å². The second-order valence-corrected chi connectivity index (χ2v) is 6.11. The molecule has 0 aliphatic carbocycles. The van der Waals surface area contributed by atoms with Crippen LogP contribution in [0.5, 0.6) is 0 Å². The number of sulfonamides is 1. The van der Waals surface area contributed by atoms with E-state index in [-0.39, 0.29) is 5.03 Å². The van der Waals surface area contributed by atoms with Crippen LogP contribution >= 0.6 is 0 Å². The summed E-state index contributed by atoms with van der Waals surface area (Å²) in [5.74, 6) is 0.544. The number of benzene rings is 1. The molecule has 0 aliphatic heterocycles. The van der Waals surface area contributed by atoms with E-state index in [1.807, 2.05) is 6.07 Å². The van der Waals surface area contributed by atoms with Crippen molar-refractivity contribution in [1.82, 2.24) is 19.5 Å². The van der Waals surface area contributed by atoms with E-state index in [9.17, 15) is 8.42 Å². The van der Waals surface area contributed by atoms with Crippen LogP contribution in [0.3, 0.4) is 0 Å². The minimum atomic E-state index is -3.67.